The molecule has 3 N–H and O–H groups in total. The van der Waals surface area contributed by atoms with Gasteiger partial charge in [0.15, 0.2) is 0 Å². The molecule has 0 spiro atoms. The van der Waals surface area contributed by atoms with Crippen LogP contribution >= 0.6 is 31.4 Å². The second-order valence-electron chi connectivity index (χ2n) is 7.88. The summed E-state index contributed by atoms with van der Waals surface area (Å²) in [7, 11) is 5.95. The highest BCUT2D eigenvalue weighted by molar-refractivity contribution is 9.09. The molecule has 2 atom stereocenters. The van der Waals surface area contributed by atoms with Crippen molar-refractivity contribution in [1.82, 2.24) is 0 Å². The summed E-state index contributed by atoms with van der Waals surface area (Å²) in [5.74, 6) is 3.20. The summed E-state index contributed by atoms with van der Waals surface area (Å²) in [5, 5.41) is 28.4. The van der Waals surface area contributed by atoms with Gasteiger partial charge in [0.05, 0.1) is 0 Å². The molecule has 0 saturated heterocycles. The van der Waals surface area contributed by atoms with Crippen LogP contribution in [0.5, 0.6) is 0 Å². The molecule has 0 amide bonds. The van der Waals surface area contributed by atoms with Crippen LogP contribution in [0.4, 0.5) is 0 Å². The predicted molar refractivity (Wildman–Crippen MR) is 133 cm³/mol. The number of hydrogen-bond acceptors (Lipinski definition) is 9. The molecule has 176 valence electrons. The largest absolute Gasteiger partial charge is 0.500 e. The predicted octanol–water partition coefficient (Wildman–Crippen LogP) is 3.77. The van der Waals surface area contributed by atoms with Crippen molar-refractivity contribution in [1.29, 1.82) is 0 Å². The van der Waals surface area contributed by atoms with Gasteiger partial charge in [-0.05, 0) is 47.0 Å². The molecule has 2 unspecified atom stereocenters. The molecule has 0 heterocycles. The summed E-state index contributed by atoms with van der Waals surface area (Å²) in [6.07, 6.45) is 4.43. The molecule has 0 rings (SSSR count). The monoisotopic (exact) mass is 506 g/mol. The van der Waals surface area contributed by atoms with Crippen LogP contribution in [0.15, 0.2) is 0 Å². The van der Waals surface area contributed by atoms with Crippen LogP contribution in [0.2, 0.25) is 12.1 Å². The van der Waals surface area contributed by atoms with E-state index in [1.807, 2.05) is 31.4 Å². The second kappa shape index (κ2) is 17.8. The second-order valence-corrected chi connectivity index (χ2v) is 19.7. The van der Waals surface area contributed by atoms with E-state index in [0.29, 0.717) is 11.8 Å². The topological polar surface area (TPSA) is 88.4 Å². The van der Waals surface area contributed by atoms with Crippen molar-refractivity contribution in [3.63, 3.8) is 0 Å². The fourth-order valence-electron chi connectivity index (χ4n) is 3.30. The minimum absolute atomic E-state index is 0.0320. The molecular formula is C18H42O6S3Si2. The molecule has 0 fully saturated rings. The molecule has 0 aromatic carbocycles. The van der Waals surface area contributed by atoms with Crippen LogP contribution in [0, 0.1) is 11.8 Å². The van der Waals surface area contributed by atoms with Crippen LogP contribution in [-0.2, 0) is 13.3 Å². The smallest absolute Gasteiger partial charge is 0.399 e. The number of hydrogen-bond donors (Lipinski definition) is 3. The Morgan fingerprint density at radius 3 is 1.52 bits per heavy atom. The minimum atomic E-state index is -2.46. The lowest BCUT2D eigenvalue weighted by atomic mass is 10.1. The number of rotatable bonds is 20. The molecule has 0 aliphatic carbocycles. The molecule has 6 nitrogen and oxygen atoms in total. The van der Waals surface area contributed by atoms with E-state index < -0.39 is 16.9 Å². The SMILES string of the molecule is CO[Si](CC(C)CCCSSSCCCC(C)C[Si](CO)(CO)CO)(OC)OC. The fraction of sp³-hybridized carbons (Fsp3) is 1.00. The van der Waals surface area contributed by atoms with Gasteiger partial charge >= 0.3 is 8.80 Å². The van der Waals surface area contributed by atoms with E-state index in [0.717, 1.165) is 42.9 Å². The van der Waals surface area contributed by atoms with Gasteiger partial charge in [-0.1, -0.05) is 41.9 Å². The molecule has 0 aromatic rings. The third-order valence-corrected chi connectivity index (χ3v) is 16.3. The zero-order valence-electron chi connectivity index (χ0n) is 18.7. The van der Waals surface area contributed by atoms with Crippen LogP contribution in [-0.4, -0.2) is 83.7 Å². The first-order chi connectivity index (χ1) is 13.9. The highest BCUT2D eigenvalue weighted by Gasteiger charge is 2.39. The van der Waals surface area contributed by atoms with Crippen LogP contribution < -0.4 is 0 Å². The van der Waals surface area contributed by atoms with Gasteiger partial charge < -0.3 is 28.6 Å². The van der Waals surface area contributed by atoms with Crippen molar-refractivity contribution in [2.75, 3.05) is 51.5 Å². The summed E-state index contributed by atoms with van der Waals surface area (Å²) in [6.45, 7) is 4.39. The molecule has 0 aliphatic rings. The minimum Gasteiger partial charge on any atom is -0.399 e. The van der Waals surface area contributed by atoms with Gasteiger partial charge in [-0.25, -0.2) is 0 Å². The van der Waals surface area contributed by atoms with Gasteiger partial charge in [-0.3, -0.25) is 0 Å². The van der Waals surface area contributed by atoms with Crippen molar-refractivity contribution in [2.24, 2.45) is 11.8 Å². The van der Waals surface area contributed by atoms with E-state index in [2.05, 4.69) is 13.8 Å². The van der Waals surface area contributed by atoms with Crippen LogP contribution in [0.25, 0.3) is 0 Å². The summed E-state index contributed by atoms with van der Waals surface area (Å²) in [6, 6.07) is 1.65. The van der Waals surface area contributed by atoms with Crippen molar-refractivity contribution in [3.05, 3.63) is 0 Å². The van der Waals surface area contributed by atoms with E-state index in [1.165, 1.54) is 6.42 Å². The third-order valence-electron chi connectivity index (χ3n) is 5.26. The average Bonchev–Trinajstić information content (AvgIpc) is 2.74. The number of aliphatic hydroxyl groups excluding tert-OH is 3. The Hall–Kier alpha value is 1.24. The standard InChI is InChI=1S/C18H42O6S3Si2/c1-17(12-28(14-19,15-20)16-21)8-6-10-25-27-26-11-7-9-18(2)13-29(22-3,23-4)24-5/h17-21H,6-16H2,1-5H3. The molecular weight excluding hydrogens is 465 g/mol. The maximum Gasteiger partial charge on any atom is 0.500 e. The maximum atomic E-state index is 9.48. The van der Waals surface area contributed by atoms with Crippen molar-refractivity contribution < 1.29 is 28.6 Å². The molecule has 0 bridgehead atoms. The zero-order valence-corrected chi connectivity index (χ0v) is 23.2. The van der Waals surface area contributed by atoms with Gasteiger partial charge in [-0.15, -0.1) is 0 Å². The van der Waals surface area contributed by atoms with Crippen molar-refractivity contribution in [3.8, 4) is 0 Å². The molecule has 29 heavy (non-hydrogen) atoms. The lowest BCUT2D eigenvalue weighted by Gasteiger charge is -2.27. The molecule has 0 aliphatic heterocycles. The molecule has 11 heteroatoms. The average molecular weight is 507 g/mol. The first-order valence-corrected chi connectivity index (χ1v) is 18.8. The van der Waals surface area contributed by atoms with Crippen LogP contribution in [0.1, 0.15) is 39.5 Å². The fourth-order valence-corrected chi connectivity index (χ4v) is 11.7. The Bertz CT molecular complexity index is 340. The maximum absolute atomic E-state index is 9.48. The van der Waals surface area contributed by atoms with Gasteiger partial charge in [-0.2, -0.15) is 0 Å². The normalized spacial score (nSPS) is 14.9. The summed E-state index contributed by atoms with van der Waals surface area (Å²) in [5.41, 5.74) is 0. The third kappa shape index (κ3) is 12.8. The van der Waals surface area contributed by atoms with E-state index in [9.17, 15) is 15.3 Å². The van der Waals surface area contributed by atoms with E-state index >= 15 is 0 Å². The Morgan fingerprint density at radius 1 is 0.724 bits per heavy atom. The Kier molecular flexibility index (Phi) is 18.5. The lowest BCUT2D eigenvalue weighted by molar-refractivity contribution is 0.118. The van der Waals surface area contributed by atoms with Gasteiger partial charge in [0, 0.05) is 57.6 Å². The Labute approximate surface area is 191 Å². The van der Waals surface area contributed by atoms with Gasteiger partial charge in [0.25, 0.3) is 0 Å². The Morgan fingerprint density at radius 2 is 1.14 bits per heavy atom. The highest BCUT2D eigenvalue weighted by Crippen LogP contribution is 2.36. The quantitative estimate of drug-likeness (QED) is 0.130. The molecule has 0 aromatic heterocycles. The first-order valence-electron chi connectivity index (χ1n) is 10.3. The van der Waals surface area contributed by atoms with E-state index in [4.69, 9.17) is 13.3 Å². The summed E-state index contributed by atoms with van der Waals surface area (Å²) in [4.78, 5) is 0. The lowest BCUT2D eigenvalue weighted by Crippen LogP contribution is -2.49. The summed E-state index contributed by atoms with van der Waals surface area (Å²) >= 11 is 0. The Balaban J connectivity index is 3.74. The van der Waals surface area contributed by atoms with Crippen LogP contribution in [0.3, 0.4) is 0 Å². The zero-order chi connectivity index (χ0) is 22.2. The highest BCUT2D eigenvalue weighted by atomic mass is 33.5. The van der Waals surface area contributed by atoms with Crippen molar-refractivity contribution in [2.45, 2.75) is 51.6 Å². The molecule has 0 saturated carbocycles. The molecule has 0 radical (unpaired) electrons. The first kappa shape index (κ1) is 30.2. The van der Waals surface area contributed by atoms with Gasteiger partial charge in [0.2, 0.25) is 0 Å². The summed E-state index contributed by atoms with van der Waals surface area (Å²) < 4.78 is 16.5. The van der Waals surface area contributed by atoms with E-state index in [-0.39, 0.29) is 18.7 Å². The van der Waals surface area contributed by atoms with Crippen molar-refractivity contribution >= 4 is 48.3 Å². The number of aliphatic hydroxyl groups is 3. The van der Waals surface area contributed by atoms with Gasteiger partial charge in [0.1, 0.15) is 8.07 Å². The van der Waals surface area contributed by atoms with E-state index in [1.54, 1.807) is 21.3 Å².